The van der Waals surface area contributed by atoms with E-state index in [0.717, 1.165) is 16.5 Å². The number of hydrogen-bond donors (Lipinski definition) is 3. The highest BCUT2D eigenvalue weighted by Gasteiger charge is 2.23. The monoisotopic (exact) mass is 262 g/mol. The van der Waals surface area contributed by atoms with E-state index in [9.17, 15) is 9.90 Å². The summed E-state index contributed by atoms with van der Waals surface area (Å²) >= 11 is 0. The topological polar surface area (TPSA) is 74.3 Å². The maximum absolute atomic E-state index is 11.5. The van der Waals surface area contributed by atoms with E-state index in [2.05, 4.69) is 15.0 Å². The lowest BCUT2D eigenvalue weighted by Crippen LogP contribution is -2.45. The summed E-state index contributed by atoms with van der Waals surface area (Å²) < 4.78 is 4.67. The van der Waals surface area contributed by atoms with Crippen molar-refractivity contribution < 1.29 is 14.6 Å². The maximum Gasteiger partial charge on any atom is 0.325 e. The largest absolute Gasteiger partial charge is 0.468 e. The number of carbonyl (C=O) groups excluding carboxylic acids is 1. The predicted molar refractivity (Wildman–Crippen MR) is 72.6 cm³/mol. The first-order valence-electron chi connectivity index (χ1n) is 6.17. The molecule has 0 radical (unpaired) electrons. The van der Waals surface area contributed by atoms with Crippen LogP contribution in [0.1, 0.15) is 12.5 Å². The van der Waals surface area contributed by atoms with Crippen molar-refractivity contribution in [2.75, 3.05) is 7.11 Å². The van der Waals surface area contributed by atoms with E-state index in [1.807, 2.05) is 30.5 Å². The first-order chi connectivity index (χ1) is 9.13. The Hall–Kier alpha value is -1.85. The molecule has 0 amide bonds. The molecule has 0 saturated carbocycles. The average molecular weight is 262 g/mol. The second kappa shape index (κ2) is 5.86. The molecule has 1 aromatic heterocycles. The predicted octanol–water partition coefficient (Wildman–Crippen LogP) is 1.18. The summed E-state index contributed by atoms with van der Waals surface area (Å²) in [4.78, 5) is 14.7. The Labute approximate surface area is 111 Å². The quantitative estimate of drug-likeness (QED) is 0.707. The SMILES string of the molecule is COC(=O)[C@H](NCc1cccc2[nH]ccc12)[C@H](C)O. The van der Waals surface area contributed by atoms with E-state index in [0.29, 0.717) is 6.54 Å². The van der Waals surface area contributed by atoms with Gasteiger partial charge in [0, 0.05) is 23.6 Å². The molecular formula is C14H18N2O3. The number of nitrogens with one attached hydrogen (secondary N) is 2. The van der Waals surface area contributed by atoms with Crippen molar-refractivity contribution in [1.29, 1.82) is 0 Å². The van der Waals surface area contributed by atoms with E-state index in [-0.39, 0.29) is 0 Å². The fourth-order valence-electron chi connectivity index (χ4n) is 2.10. The van der Waals surface area contributed by atoms with E-state index < -0.39 is 18.1 Å². The number of fused-ring (bicyclic) bond motifs is 1. The van der Waals surface area contributed by atoms with Crippen LogP contribution in [0.3, 0.4) is 0 Å². The molecule has 3 N–H and O–H groups in total. The van der Waals surface area contributed by atoms with Gasteiger partial charge in [-0.3, -0.25) is 10.1 Å². The number of aliphatic hydroxyl groups excluding tert-OH is 1. The van der Waals surface area contributed by atoms with Crippen LogP contribution in [0, 0.1) is 0 Å². The molecule has 0 saturated heterocycles. The Balaban J connectivity index is 2.12. The summed E-state index contributed by atoms with van der Waals surface area (Å²) in [5, 5.41) is 13.7. The molecule has 2 atom stereocenters. The lowest BCUT2D eigenvalue weighted by molar-refractivity contribution is -0.145. The number of aliphatic hydroxyl groups is 1. The molecule has 5 nitrogen and oxygen atoms in total. The summed E-state index contributed by atoms with van der Waals surface area (Å²) in [6.45, 7) is 2.05. The molecule has 0 aliphatic heterocycles. The highest BCUT2D eigenvalue weighted by atomic mass is 16.5. The zero-order chi connectivity index (χ0) is 13.8. The van der Waals surface area contributed by atoms with Crippen molar-refractivity contribution in [3.63, 3.8) is 0 Å². The summed E-state index contributed by atoms with van der Waals surface area (Å²) in [5.74, 6) is -0.462. The summed E-state index contributed by atoms with van der Waals surface area (Å²) in [5.41, 5.74) is 2.11. The van der Waals surface area contributed by atoms with E-state index in [1.165, 1.54) is 7.11 Å². The fraction of sp³-hybridized carbons (Fsp3) is 0.357. The first kappa shape index (κ1) is 13.6. The van der Waals surface area contributed by atoms with Gasteiger partial charge in [-0.25, -0.2) is 0 Å². The lowest BCUT2D eigenvalue weighted by atomic mass is 10.1. The van der Waals surface area contributed by atoms with Crippen LogP contribution in [-0.2, 0) is 16.1 Å². The average Bonchev–Trinajstić information content (AvgIpc) is 2.87. The van der Waals surface area contributed by atoms with Crippen LogP contribution < -0.4 is 5.32 Å². The Morgan fingerprint density at radius 1 is 1.47 bits per heavy atom. The Kier molecular flexibility index (Phi) is 4.19. The number of aromatic nitrogens is 1. The van der Waals surface area contributed by atoms with Gasteiger partial charge in [-0.1, -0.05) is 12.1 Å². The van der Waals surface area contributed by atoms with Crippen LogP contribution in [-0.4, -0.2) is 35.3 Å². The van der Waals surface area contributed by atoms with Gasteiger partial charge in [0.25, 0.3) is 0 Å². The van der Waals surface area contributed by atoms with Gasteiger partial charge in [0.1, 0.15) is 6.04 Å². The lowest BCUT2D eigenvalue weighted by Gasteiger charge is -2.19. The van der Waals surface area contributed by atoms with Crippen molar-refractivity contribution in [2.24, 2.45) is 0 Å². The van der Waals surface area contributed by atoms with Crippen LogP contribution in [0.4, 0.5) is 0 Å². The molecule has 0 unspecified atom stereocenters. The Bertz CT molecular complexity index is 563. The standard InChI is InChI=1S/C14H18N2O3/c1-9(17)13(14(18)19-2)16-8-10-4-3-5-12-11(10)6-7-15-12/h3-7,9,13,15-17H,8H2,1-2H3/t9-,13+/m0/s1. The molecule has 1 heterocycles. The maximum atomic E-state index is 11.5. The molecule has 5 heteroatoms. The van der Waals surface area contributed by atoms with Gasteiger partial charge in [-0.15, -0.1) is 0 Å². The van der Waals surface area contributed by atoms with E-state index >= 15 is 0 Å². The van der Waals surface area contributed by atoms with Crippen molar-refractivity contribution >= 4 is 16.9 Å². The normalized spacial score (nSPS) is 14.3. The summed E-state index contributed by atoms with van der Waals surface area (Å²) in [6.07, 6.45) is 1.07. The molecule has 0 aliphatic rings. The molecule has 2 aromatic rings. The first-order valence-corrected chi connectivity index (χ1v) is 6.17. The molecule has 0 bridgehead atoms. The van der Waals surface area contributed by atoms with Gasteiger partial charge >= 0.3 is 5.97 Å². The third-order valence-corrected chi connectivity index (χ3v) is 3.14. The second-order valence-electron chi connectivity index (χ2n) is 4.48. The number of benzene rings is 1. The van der Waals surface area contributed by atoms with Crippen LogP contribution in [0.5, 0.6) is 0 Å². The van der Waals surface area contributed by atoms with Crippen LogP contribution in [0.15, 0.2) is 30.5 Å². The van der Waals surface area contributed by atoms with Crippen LogP contribution in [0.25, 0.3) is 10.9 Å². The van der Waals surface area contributed by atoms with E-state index in [1.54, 1.807) is 6.92 Å². The molecule has 19 heavy (non-hydrogen) atoms. The van der Waals surface area contributed by atoms with Gasteiger partial charge in [-0.2, -0.15) is 0 Å². The Morgan fingerprint density at radius 2 is 2.26 bits per heavy atom. The zero-order valence-electron chi connectivity index (χ0n) is 11.0. The summed E-state index contributed by atoms with van der Waals surface area (Å²) in [7, 11) is 1.31. The number of rotatable bonds is 5. The zero-order valence-corrected chi connectivity index (χ0v) is 11.0. The molecule has 2 rings (SSSR count). The van der Waals surface area contributed by atoms with Crippen molar-refractivity contribution in [3.05, 3.63) is 36.0 Å². The van der Waals surface area contributed by atoms with Gasteiger partial charge in [-0.05, 0) is 24.6 Å². The minimum Gasteiger partial charge on any atom is -0.468 e. The third-order valence-electron chi connectivity index (χ3n) is 3.14. The van der Waals surface area contributed by atoms with Gasteiger partial charge < -0.3 is 14.8 Å². The number of methoxy groups -OCH3 is 1. The van der Waals surface area contributed by atoms with Crippen molar-refractivity contribution in [1.82, 2.24) is 10.3 Å². The number of esters is 1. The summed E-state index contributed by atoms with van der Waals surface area (Å²) in [6, 6.07) is 7.19. The van der Waals surface area contributed by atoms with Gasteiger partial charge in [0.2, 0.25) is 0 Å². The number of aromatic amines is 1. The number of carbonyl (C=O) groups is 1. The minimum absolute atomic E-state index is 0.462. The van der Waals surface area contributed by atoms with Gasteiger partial charge in [0.15, 0.2) is 0 Å². The third kappa shape index (κ3) is 2.94. The molecule has 1 aromatic carbocycles. The second-order valence-corrected chi connectivity index (χ2v) is 4.48. The van der Waals surface area contributed by atoms with Gasteiger partial charge in [0.05, 0.1) is 13.2 Å². The van der Waals surface area contributed by atoms with Crippen LogP contribution >= 0.6 is 0 Å². The molecule has 0 spiro atoms. The van der Waals surface area contributed by atoms with Crippen molar-refractivity contribution in [2.45, 2.75) is 25.6 Å². The number of hydrogen-bond acceptors (Lipinski definition) is 4. The Morgan fingerprint density at radius 3 is 2.95 bits per heavy atom. The molecule has 0 fully saturated rings. The number of ether oxygens (including phenoxy) is 1. The number of H-pyrrole nitrogens is 1. The smallest absolute Gasteiger partial charge is 0.325 e. The molecule has 0 aliphatic carbocycles. The minimum atomic E-state index is -0.808. The van der Waals surface area contributed by atoms with Crippen LogP contribution in [0.2, 0.25) is 0 Å². The van der Waals surface area contributed by atoms with Crippen molar-refractivity contribution in [3.8, 4) is 0 Å². The fourth-order valence-corrected chi connectivity index (χ4v) is 2.10. The molecular weight excluding hydrogens is 244 g/mol. The highest BCUT2D eigenvalue weighted by molar-refractivity contribution is 5.83. The molecule has 102 valence electrons. The van der Waals surface area contributed by atoms with E-state index in [4.69, 9.17) is 0 Å². The highest BCUT2D eigenvalue weighted by Crippen LogP contribution is 2.17.